The van der Waals surface area contributed by atoms with Crippen LogP contribution >= 0.6 is 0 Å². The Labute approximate surface area is 120 Å². The van der Waals surface area contributed by atoms with Crippen molar-refractivity contribution in [3.63, 3.8) is 0 Å². The zero-order valence-corrected chi connectivity index (χ0v) is 12.1. The topological polar surface area (TPSA) is 32.7 Å². The zero-order valence-electron chi connectivity index (χ0n) is 12.1. The van der Waals surface area contributed by atoms with Crippen molar-refractivity contribution in [1.29, 1.82) is 0 Å². The summed E-state index contributed by atoms with van der Waals surface area (Å²) < 4.78 is 5.62. The predicted octanol–water partition coefficient (Wildman–Crippen LogP) is 2.73. The number of hydrogen-bond donors (Lipinski definition) is 1. The maximum absolute atomic E-state index is 10.2. The normalized spacial score (nSPS) is 34.2. The zero-order chi connectivity index (χ0) is 14.1. The molecule has 0 radical (unpaired) electrons. The first-order valence-corrected chi connectivity index (χ1v) is 7.47. The van der Waals surface area contributed by atoms with Crippen molar-refractivity contribution in [2.45, 2.75) is 44.7 Å². The Hall–Kier alpha value is -1.16. The molecular weight excluding hydrogens is 250 g/mol. The molecule has 2 heterocycles. The summed E-state index contributed by atoms with van der Waals surface area (Å²) in [6, 6.07) is 11.1. The number of hydrogen-bond acceptors (Lipinski definition) is 3. The number of aliphatic hydroxyl groups is 1. The molecule has 0 spiro atoms. The summed E-state index contributed by atoms with van der Waals surface area (Å²) in [5.74, 6) is 0.519. The van der Waals surface area contributed by atoms with Crippen molar-refractivity contribution in [3.05, 3.63) is 48.0 Å². The highest BCUT2D eigenvalue weighted by atomic mass is 16.6. The van der Waals surface area contributed by atoms with Gasteiger partial charge in [-0.3, -0.25) is 4.90 Å². The lowest BCUT2D eigenvalue weighted by Crippen LogP contribution is -2.58. The molecule has 3 heteroatoms. The van der Waals surface area contributed by atoms with Gasteiger partial charge in [0.2, 0.25) is 0 Å². The Kier molecular flexibility index (Phi) is 3.92. The Balaban J connectivity index is 1.96. The van der Waals surface area contributed by atoms with E-state index >= 15 is 0 Å². The molecule has 0 bridgehead atoms. The van der Waals surface area contributed by atoms with Gasteiger partial charge >= 0.3 is 0 Å². The first-order valence-electron chi connectivity index (χ1n) is 7.47. The lowest BCUT2D eigenvalue weighted by molar-refractivity contribution is -0.210. The summed E-state index contributed by atoms with van der Waals surface area (Å²) in [6.07, 6.45) is 4.65. The molecule has 0 amide bonds. The summed E-state index contributed by atoms with van der Waals surface area (Å²) in [5.41, 5.74) is 1.27. The lowest BCUT2D eigenvalue weighted by atomic mass is 9.89. The number of benzene rings is 1. The Morgan fingerprint density at radius 3 is 2.70 bits per heavy atom. The third-order valence-corrected chi connectivity index (χ3v) is 4.42. The quantitative estimate of drug-likeness (QED) is 0.841. The van der Waals surface area contributed by atoms with Crippen LogP contribution in [0.25, 0.3) is 0 Å². The molecule has 108 valence electrons. The first-order chi connectivity index (χ1) is 9.68. The molecule has 2 aliphatic rings. The Bertz CT molecular complexity index is 471. The van der Waals surface area contributed by atoms with Crippen LogP contribution in [0.15, 0.2) is 42.5 Å². The summed E-state index contributed by atoms with van der Waals surface area (Å²) in [6.45, 7) is 5.03. The van der Waals surface area contributed by atoms with Crippen molar-refractivity contribution >= 4 is 0 Å². The van der Waals surface area contributed by atoms with Gasteiger partial charge in [-0.1, -0.05) is 56.3 Å². The van der Waals surface area contributed by atoms with Crippen LogP contribution in [0.2, 0.25) is 0 Å². The minimum absolute atomic E-state index is 0.0614. The van der Waals surface area contributed by atoms with E-state index in [1.807, 2.05) is 6.07 Å². The minimum atomic E-state index is -0.679. The third kappa shape index (κ3) is 2.41. The molecule has 0 aliphatic carbocycles. The molecule has 0 saturated carbocycles. The van der Waals surface area contributed by atoms with E-state index in [4.69, 9.17) is 4.74 Å². The molecule has 4 atom stereocenters. The van der Waals surface area contributed by atoms with Gasteiger partial charge in [0, 0.05) is 6.04 Å². The number of fused-ring (bicyclic) bond motifs is 1. The lowest BCUT2D eigenvalue weighted by Gasteiger charge is -2.50. The summed E-state index contributed by atoms with van der Waals surface area (Å²) >= 11 is 0. The maximum atomic E-state index is 10.2. The predicted molar refractivity (Wildman–Crippen MR) is 79.2 cm³/mol. The SMILES string of the molecule is CC(C)[C@@H]1C=CC[C@H]2C(O)OC[C@H](c3ccccc3)N12. The fourth-order valence-electron chi connectivity index (χ4n) is 3.40. The minimum Gasteiger partial charge on any atom is -0.367 e. The highest BCUT2D eigenvalue weighted by Crippen LogP contribution is 2.37. The first kappa shape index (κ1) is 13.8. The van der Waals surface area contributed by atoms with Crippen LogP contribution in [0.1, 0.15) is 31.9 Å². The molecule has 0 aromatic heterocycles. The standard InChI is InChI=1S/C17H23NO2/c1-12(2)14-9-6-10-15-17(19)20-11-16(18(14)15)13-7-4-3-5-8-13/h3-9,12,14-17,19H,10-11H2,1-2H3/t14-,15-,16+,17?/m0/s1. The van der Waals surface area contributed by atoms with E-state index in [-0.39, 0.29) is 12.1 Å². The van der Waals surface area contributed by atoms with E-state index in [2.05, 4.69) is 55.2 Å². The van der Waals surface area contributed by atoms with Gasteiger partial charge in [0.1, 0.15) is 0 Å². The monoisotopic (exact) mass is 273 g/mol. The molecule has 1 N–H and O–H groups in total. The average molecular weight is 273 g/mol. The molecule has 1 unspecified atom stereocenters. The van der Waals surface area contributed by atoms with Gasteiger partial charge in [-0.25, -0.2) is 0 Å². The average Bonchev–Trinajstić information content (AvgIpc) is 2.48. The maximum Gasteiger partial charge on any atom is 0.170 e. The van der Waals surface area contributed by atoms with Crippen LogP contribution in [0.3, 0.4) is 0 Å². The van der Waals surface area contributed by atoms with Crippen molar-refractivity contribution in [2.24, 2.45) is 5.92 Å². The van der Waals surface area contributed by atoms with Gasteiger partial charge in [0.05, 0.1) is 18.7 Å². The Morgan fingerprint density at radius 2 is 2.00 bits per heavy atom. The summed E-state index contributed by atoms with van der Waals surface area (Å²) in [7, 11) is 0. The largest absolute Gasteiger partial charge is 0.367 e. The van der Waals surface area contributed by atoms with Crippen LogP contribution < -0.4 is 0 Å². The van der Waals surface area contributed by atoms with E-state index in [0.29, 0.717) is 18.6 Å². The second-order valence-corrected chi connectivity index (χ2v) is 6.06. The molecule has 3 nitrogen and oxygen atoms in total. The van der Waals surface area contributed by atoms with Crippen molar-refractivity contribution in [3.8, 4) is 0 Å². The molecular formula is C17H23NO2. The smallest absolute Gasteiger partial charge is 0.170 e. The number of morpholine rings is 1. The molecule has 2 aliphatic heterocycles. The molecule has 1 aromatic rings. The van der Waals surface area contributed by atoms with Gasteiger partial charge in [-0.2, -0.15) is 0 Å². The van der Waals surface area contributed by atoms with Crippen molar-refractivity contribution < 1.29 is 9.84 Å². The number of nitrogens with zero attached hydrogens (tertiary/aromatic N) is 1. The van der Waals surface area contributed by atoms with Crippen LogP contribution in [-0.4, -0.2) is 35.0 Å². The van der Waals surface area contributed by atoms with Gasteiger partial charge in [0.25, 0.3) is 0 Å². The van der Waals surface area contributed by atoms with E-state index < -0.39 is 6.29 Å². The highest BCUT2D eigenvalue weighted by Gasteiger charge is 2.42. The second-order valence-electron chi connectivity index (χ2n) is 6.06. The van der Waals surface area contributed by atoms with Crippen LogP contribution in [-0.2, 0) is 4.74 Å². The van der Waals surface area contributed by atoms with E-state index in [9.17, 15) is 5.11 Å². The van der Waals surface area contributed by atoms with Crippen LogP contribution in [0.4, 0.5) is 0 Å². The van der Waals surface area contributed by atoms with Crippen molar-refractivity contribution in [2.75, 3.05) is 6.61 Å². The van der Waals surface area contributed by atoms with Crippen molar-refractivity contribution in [1.82, 2.24) is 4.90 Å². The number of rotatable bonds is 2. The number of aliphatic hydroxyl groups excluding tert-OH is 1. The Morgan fingerprint density at radius 1 is 1.25 bits per heavy atom. The highest BCUT2D eigenvalue weighted by molar-refractivity contribution is 5.22. The molecule has 20 heavy (non-hydrogen) atoms. The van der Waals surface area contributed by atoms with Gasteiger partial charge in [0.15, 0.2) is 6.29 Å². The van der Waals surface area contributed by atoms with E-state index in [0.717, 1.165) is 6.42 Å². The third-order valence-electron chi connectivity index (χ3n) is 4.42. The fraction of sp³-hybridized carbons (Fsp3) is 0.529. The summed E-state index contributed by atoms with van der Waals surface area (Å²) in [4.78, 5) is 2.45. The van der Waals surface area contributed by atoms with Gasteiger partial charge < -0.3 is 9.84 Å². The van der Waals surface area contributed by atoms with Crippen LogP contribution in [0.5, 0.6) is 0 Å². The van der Waals surface area contributed by atoms with E-state index in [1.165, 1.54) is 5.56 Å². The number of ether oxygens (including phenoxy) is 1. The summed E-state index contributed by atoms with van der Waals surface area (Å²) in [5, 5.41) is 10.2. The van der Waals surface area contributed by atoms with Crippen LogP contribution in [0, 0.1) is 5.92 Å². The second kappa shape index (κ2) is 5.68. The van der Waals surface area contributed by atoms with Gasteiger partial charge in [-0.15, -0.1) is 0 Å². The van der Waals surface area contributed by atoms with E-state index in [1.54, 1.807) is 0 Å². The molecule has 1 aromatic carbocycles. The molecule has 3 rings (SSSR count). The molecule has 1 saturated heterocycles. The molecule has 1 fully saturated rings. The fourth-order valence-corrected chi connectivity index (χ4v) is 3.40. The van der Waals surface area contributed by atoms with Gasteiger partial charge in [-0.05, 0) is 17.9 Å².